The molecule has 114 valence electrons. The van der Waals surface area contributed by atoms with Crippen molar-refractivity contribution in [3.63, 3.8) is 0 Å². The predicted octanol–water partition coefficient (Wildman–Crippen LogP) is 2.57. The molecule has 20 heavy (non-hydrogen) atoms. The van der Waals surface area contributed by atoms with E-state index in [0.29, 0.717) is 6.04 Å². The molecule has 2 N–H and O–H groups in total. The standard InChI is InChI=1S/C16H28N2O2/c1-12(10-18-16(2,3)4)17-11-13-14(19-5)8-7-9-15(13)20-6/h7-9,12,17-18H,10-11H2,1-6H3. The largest absolute Gasteiger partial charge is 0.496 e. The van der Waals surface area contributed by atoms with Gasteiger partial charge in [-0.25, -0.2) is 0 Å². The van der Waals surface area contributed by atoms with E-state index in [-0.39, 0.29) is 5.54 Å². The highest BCUT2D eigenvalue weighted by Crippen LogP contribution is 2.27. The summed E-state index contributed by atoms with van der Waals surface area (Å²) < 4.78 is 10.8. The summed E-state index contributed by atoms with van der Waals surface area (Å²) >= 11 is 0. The smallest absolute Gasteiger partial charge is 0.127 e. The first-order valence-electron chi connectivity index (χ1n) is 7.05. The zero-order valence-corrected chi connectivity index (χ0v) is 13.5. The van der Waals surface area contributed by atoms with Crippen LogP contribution < -0.4 is 20.1 Å². The summed E-state index contributed by atoms with van der Waals surface area (Å²) in [6.45, 7) is 10.3. The van der Waals surface area contributed by atoms with Gasteiger partial charge in [0.15, 0.2) is 0 Å². The van der Waals surface area contributed by atoms with Crippen molar-refractivity contribution in [2.75, 3.05) is 20.8 Å². The Kier molecular flexibility index (Phi) is 6.30. The fourth-order valence-electron chi connectivity index (χ4n) is 1.91. The lowest BCUT2D eigenvalue weighted by Gasteiger charge is -2.24. The molecule has 0 heterocycles. The Morgan fingerprint density at radius 2 is 1.65 bits per heavy atom. The number of methoxy groups -OCH3 is 2. The molecule has 0 bridgehead atoms. The molecule has 0 aromatic heterocycles. The van der Waals surface area contributed by atoms with Crippen LogP contribution in [0, 0.1) is 0 Å². The number of hydrogen-bond donors (Lipinski definition) is 2. The zero-order chi connectivity index (χ0) is 15.2. The monoisotopic (exact) mass is 280 g/mol. The highest BCUT2D eigenvalue weighted by atomic mass is 16.5. The molecule has 0 radical (unpaired) electrons. The fraction of sp³-hybridized carbons (Fsp3) is 0.625. The predicted molar refractivity (Wildman–Crippen MR) is 83.6 cm³/mol. The van der Waals surface area contributed by atoms with Gasteiger partial charge in [-0.1, -0.05) is 6.07 Å². The second-order valence-corrected chi connectivity index (χ2v) is 6.05. The van der Waals surface area contributed by atoms with E-state index in [2.05, 4.69) is 38.3 Å². The normalized spacial score (nSPS) is 13.1. The second kappa shape index (κ2) is 7.50. The molecule has 1 unspecified atom stereocenters. The molecule has 1 rings (SSSR count). The van der Waals surface area contributed by atoms with Gasteiger partial charge in [-0.05, 0) is 39.8 Å². The third-order valence-electron chi connectivity index (χ3n) is 3.10. The first-order chi connectivity index (χ1) is 9.37. The molecule has 0 aliphatic heterocycles. The lowest BCUT2D eigenvalue weighted by atomic mass is 10.1. The number of ether oxygens (including phenoxy) is 2. The highest BCUT2D eigenvalue weighted by Gasteiger charge is 2.13. The quantitative estimate of drug-likeness (QED) is 0.805. The van der Waals surface area contributed by atoms with E-state index >= 15 is 0 Å². The Bertz CT molecular complexity index is 391. The summed E-state index contributed by atoms with van der Waals surface area (Å²) in [5.41, 5.74) is 1.19. The van der Waals surface area contributed by atoms with Gasteiger partial charge < -0.3 is 20.1 Å². The van der Waals surface area contributed by atoms with Gasteiger partial charge in [0, 0.05) is 30.2 Å². The molecule has 0 aliphatic rings. The van der Waals surface area contributed by atoms with Gasteiger partial charge in [0.05, 0.1) is 14.2 Å². The summed E-state index contributed by atoms with van der Waals surface area (Å²) in [5, 5.41) is 6.99. The van der Waals surface area contributed by atoms with E-state index in [4.69, 9.17) is 9.47 Å². The minimum Gasteiger partial charge on any atom is -0.496 e. The molecule has 1 atom stereocenters. The summed E-state index contributed by atoms with van der Waals surface area (Å²) in [6, 6.07) is 6.21. The van der Waals surface area contributed by atoms with Gasteiger partial charge in [0.25, 0.3) is 0 Å². The maximum Gasteiger partial charge on any atom is 0.127 e. The van der Waals surface area contributed by atoms with E-state index in [1.165, 1.54) is 0 Å². The maximum absolute atomic E-state index is 5.40. The molecule has 0 saturated heterocycles. The van der Waals surface area contributed by atoms with E-state index < -0.39 is 0 Å². The molecular formula is C16H28N2O2. The van der Waals surface area contributed by atoms with Gasteiger partial charge in [0.1, 0.15) is 11.5 Å². The van der Waals surface area contributed by atoms with Crippen molar-refractivity contribution in [2.24, 2.45) is 0 Å². The summed E-state index contributed by atoms with van der Waals surface area (Å²) in [7, 11) is 3.37. The molecule has 0 fully saturated rings. The van der Waals surface area contributed by atoms with Crippen LogP contribution in [0.5, 0.6) is 11.5 Å². The topological polar surface area (TPSA) is 42.5 Å². The molecule has 4 nitrogen and oxygen atoms in total. The van der Waals surface area contributed by atoms with Crippen LogP contribution in [0.4, 0.5) is 0 Å². The third kappa shape index (κ3) is 5.39. The van der Waals surface area contributed by atoms with E-state index in [9.17, 15) is 0 Å². The molecule has 4 heteroatoms. The molecule has 1 aromatic rings. The van der Waals surface area contributed by atoms with Gasteiger partial charge >= 0.3 is 0 Å². The van der Waals surface area contributed by atoms with Gasteiger partial charge in [-0.2, -0.15) is 0 Å². The second-order valence-electron chi connectivity index (χ2n) is 6.05. The minimum atomic E-state index is 0.137. The minimum absolute atomic E-state index is 0.137. The average molecular weight is 280 g/mol. The van der Waals surface area contributed by atoms with Crippen molar-refractivity contribution in [3.05, 3.63) is 23.8 Å². The van der Waals surface area contributed by atoms with Crippen LogP contribution in [-0.4, -0.2) is 32.3 Å². The molecule has 0 aliphatic carbocycles. The third-order valence-corrected chi connectivity index (χ3v) is 3.10. The van der Waals surface area contributed by atoms with Crippen LogP contribution in [0.2, 0.25) is 0 Å². The summed E-state index contributed by atoms with van der Waals surface area (Å²) in [5.74, 6) is 1.71. The van der Waals surface area contributed by atoms with Gasteiger partial charge in [-0.15, -0.1) is 0 Å². The molecule has 0 spiro atoms. The van der Waals surface area contributed by atoms with Crippen molar-refractivity contribution in [1.82, 2.24) is 10.6 Å². The van der Waals surface area contributed by atoms with Crippen molar-refractivity contribution in [1.29, 1.82) is 0 Å². The molecule has 0 saturated carbocycles. The SMILES string of the molecule is COc1cccc(OC)c1CNC(C)CNC(C)(C)C. The van der Waals surface area contributed by atoms with Crippen molar-refractivity contribution < 1.29 is 9.47 Å². The van der Waals surface area contributed by atoms with Crippen molar-refractivity contribution >= 4 is 0 Å². The summed E-state index contributed by atoms with van der Waals surface area (Å²) in [6.07, 6.45) is 0. The van der Waals surface area contributed by atoms with E-state index in [1.807, 2.05) is 18.2 Å². The van der Waals surface area contributed by atoms with Crippen molar-refractivity contribution in [3.8, 4) is 11.5 Å². The lowest BCUT2D eigenvalue weighted by molar-refractivity contribution is 0.368. The highest BCUT2D eigenvalue weighted by molar-refractivity contribution is 5.44. The number of nitrogens with one attached hydrogen (secondary N) is 2. The average Bonchev–Trinajstić information content (AvgIpc) is 2.41. The number of rotatable bonds is 7. The Balaban J connectivity index is 2.60. The molecule has 0 amide bonds. The number of benzene rings is 1. The Hall–Kier alpha value is -1.26. The Morgan fingerprint density at radius 3 is 2.10 bits per heavy atom. The summed E-state index contributed by atoms with van der Waals surface area (Å²) in [4.78, 5) is 0. The van der Waals surface area contributed by atoms with E-state index in [0.717, 1.165) is 30.2 Å². The number of hydrogen-bond acceptors (Lipinski definition) is 4. The van der Waals surface area contributed by atoms with Crippen LogP contribution in [-0.2, 0) is 6.54 Å². The van der Waals surface area contributed by atoms with Crippen LogP contribution in [0.25, 0.3) is 0 Å². The van der Waals surface area contributed by atoms with Crippen LogP contribution >= 0.6 is 0 Å². The van der Waals surface area contributed by atoms with Gasteiger partial charge in [-0.3, -0.25) is 0 Å². The van der Waals surface area contributed by atoms with Gasteiger partial charge in [0.2, 0.25) is 0 Å². The molecular weight excluding hydrogens is 252 g/mol. The van der Waals surface area contributed by atoms with E-state index in [1.54, 1.807) is 14.2 Å². The Labute approximate surface area is 122 Å². The first-order valence-corrected chi connectivity index (χ1v) is 7.05. The van der Waals surface area contributed by atoms with Crippen LogP contribution in [0.15, 0.2) is 18.2 Å². The van der Waals surface area contributed by atoms with Crippen LogP contribution in [0.1, 0.15) is 33.3 Å². The molecule has 1 aromatic carbocycles. The van der Waals surface area contributed by atoms with Crippen LogP contribution in [0.3, 0.4) is 0 Å². The maximum atomic E-state index is 5.40. The zero-order valence-electron chi connectivity index (χ0n) is 13.5. The first kappa shape index (κ1) is 16.8. The Morgan fingerprint density at radius 1 is 1.10 bits per heavy atom. The fourth-order valence-corrected chi connectivity index (χ4v) is 1.91. The lowest BCUT2D eigenvalue weighted by Crippen LogP contribution is -2.44. The van der Waals surface area contributed by atoms with Crippen molar-refractivity contribution in [2.45, 2.75) is 45.8 Å².